The number of amides is 1. The van der Waals surface area contributed by atoms with Gasteiger partial charge in [-0.05, 0) is 25.1 Å². The van der Waals surface area contributed by atoms with Gasteiger partial charge >= 0.3 is 0 Å². The molecule has 17 heavy (non-hydrogen) atoms. The molecule has 1 aromatic carbocycles. The Balaban J connectivity index is 2.47. The van der Waals surface area contributed by atoms with Crippen molar-refractivity contribution in [3.8, 4) is 5.75 Å². The topological polar surface area (TPSA) is 29.5 Å². The smallest absolute Gasteiger partial charge is 0.260 e. The molecule has 0 saturated heterocycles. The van der Waals surface area contributed by atoms with Crippen LogP contribution in [0.3, 0.4) is 0 Å². The third-order valence-electron chi connectivity index (χ3n) is 2.25. The minimum absolute atomic E-state index is 0.00503. The zero-order valence-electron chi connectivity index (χ0n) is 9.66. The first kappa shape index (κ1) is 14.1. The summed E-state index contributed by atoms with van der Waals surface area (Å²) in [6, 6.07) is 6.96. The van der Waals surface area contributed by atoms with Crippen LogP contribution in [0.5, 0.6) is 5.75 Å². The van der Waals surface area contributed by atoms with Crippen molar-refractivity contribution >= 4 is 29.1 Å². The van der Waals surface area contributed by atoms with Crippen molar-refractivity contribution in [2.75, 3.05) is 25.6 Å². The number of hydrogen-bond acceptors (Lipinski definition) is 2. The average molecular weight is 276 g/mol. The van der Waals surface area contributed by atoms with Crippen LogP contribution in [-0.2, 0) is 4.79 Å². The molecule has 0 radical (unpaired) electrons. The maximum atomic E-state index is 11.7. The summed E-state index contributed by atoms with van der Waals surface area (Å²) in [6.07, 6.45) is 0. The van der Waals surface area contributed by atoms with Gasteiger partial charge in [-0.15, -0.1) is 11.6 Å². The average Bonchev–Trinajstić information content (AvgIpc) is 2.33. The van der Waals surface area contributed by atoms with Gasteiger partial charge in [0, 0.05) is 24.0 Å². The number of rotatable bonds is 6. The highest BCUT2D eigenvalue weighted by Crippen LogP contribution is 2.16. The number of nitrogens with zero attached hydrogens (tertiary/aromatic N) is 1. The second-order valence-corrected chi connectivity index (χ2v) is 4.22. The van der Waals surface area contributed by atoms with Crippen molar-refractivity contribution in [1.29, 1.82) is 0 Å². The second kappa shape index (κ2) is 7.41. The summed E-state index contributed by atoms with van der Waals surface area (Å²) in [7, 11) is 0. The van der Waals surface area contributed by atoms with E-state index in [1.807, 2.05) is 6.92 Å². The van der Waals surface area contributed by atoms with Gasteiger partial charge in [-0.2, -0.15) is 0 Å². The van der Waals surface area contributed by atoms with Crippen LogP contribution in [0.2, 0.25) is 5.02 Å². The second-order valence-electron chi connectivity index (χ2n) is 3.41. The Kier molecular flexibility index (Phi) is 6.16. The summed E-state index contributed by atoms with van der Waals surface area (Å²) >= 11 is 11.4. The van der Waals surface area contributed by atoms with E-state index in [0.717, 1.165) is 0 Å². The molecule has 0 aliphatic carbocycles. The molecule has 5 heteroatoms. The van der Waals surface area contributed by atoms with Crippen molar-refractivity contribution in [2.45, 2.75) is 6.92 Å². The van der Waals surface area contributed by atoms with Crippen molar-refractivity contribution in [1.82, 2.24) is 4.90 Å². The zero-order valence-corrected chi connectivity index (χ0v) is 11.2. The Labute approximate surface area is 111 Å². The number of alkyl halides is 1. The van der Waals surface area contributed by atoms with E-state index in [2.05, 4.69) is 0 Å². The lowest BCUT2D eigenvalue weighted by molar-refractivity contribution is -0.132. The van der Waals surface area contributed by atoms with Gasteiger partial charge in [-0.1, -0.05) is 17.7 Å². The number of benzene rings is 1. The van der Waals surface area contributed by atoms with E-state index in [0.29, 0.717) is 29.7 Å². The highest BCUT2D eigenvalue weighted by molar-refractivity contribution is 6.30. The summed E-state index contributed by atoms with van der Waals surface area (Å²) in [5.74, 6) is 0.942. The van der Waals surface area contributed by atoms with Gasteiger partial charge in [-0.25, -0.2) is 0 Å². The van der Waals surface area contributed by atoms with E-state index in [9.17, 15) is 4.79 Å². The van der Waals surface area contributed by atoms with Crippen LogP contribution in [0.4, 0.5) is 0 Å². The quantitative estimate of drug-likeness (QED) is 0.748. The molecule has 0 atom stereocenters. The molecular formula is C12H15Cl2NO2. The van der Waals surface area contributed by atoms with Crippen LogP contribution in [0.25, 0.3) is 0 Å². The Hall–Kier alpha value is -0.930. The maximum Gasteiger partial charge on any atom is 0.260 e. The van der Waals surface area contributed by atoms with Gasteiger partial charge < -0.3 is 9.64 Å². The molecule has 1 amide bonds. The molecule has 0 bridgehead atoms. The number of halogens is 2. The molecule has 0 aromatic heterocycles. The molecule has 0 aliphatic heterocycles. The lowest BCUT2D eigenvalue weighted by Gasteiger charge is -2.19. The first-order valence-electron chi connectivity index (χ1n) is 5.39. The fraction of sp³-hybridized carbons (Fsp3) is 0.417. The van der Waals surface area contributed by atoms with Gasteiger partial charge in [0.05, 0.1) is 0 Å². The minimum atomic E-state index is -0.0758. The number of ether oxygens (including phenoxy) is 1. The number of likely N-dealkylation sites (N-methyl/N-ethyl adjacent to an activating group) is 1. The molecule has 0 unspecified atom stereocenters. The van der Waals surface area contributed by atoms with E-state index in [-0.39, 0.29) is 12.5 Å². The van der Waals surface area contributed by atoms with Gasteiger partial charge in [0.15, 0.2) is 6.61 Å². The summed E-state index contributed by atoms with van der Waals surface area (Å²) in [5.41, 5.74) is 0. The highest BCUT2D eigenvalue weighted by atomic mass is 35.5. The molecule has 0 heterocycles. The van der Waals surface area contributed by atoms with Crippen molar-refractivity contribution in [2.24, 2.45) is 0 Å². The van der Waals surface area contributed by atoms with Crippen LogP contribution in [0.15, 0.2) is 24.3 Å². The zero-order chi connectivity index (χ0) is 12.7. The molecule has 0 fully saturated rings. The van der Waals surface area contributed by atoms with Gasteiger partial charge in [0.25, 0.3) is 5.91 Å². The molecule has 1 aromatic rings. The Morgan fingerprint density at radius 3 is 2.82 bits per heavy atom. The molecule has 0 N–H and O–H groups in total. The van der Waals surface area contributed by atoms with Crippen molar-refractivity contribution < 1.29 is 9.53 Å². The SMILES string of the molecule is CCN(CCCl)C(=O)COc1cccc(Cl)c1. The van der Waals surface area contributed by atoms with Gasteiger partial charge in [-0.3, -0.25) is 4.79 Å². The van der Waals surface area contributed by atoms with Gasteiger partial charge in [0.1, 0.15) is 5.75 Å². The maximum absolute atomic E-state index is 11.7. The molecule has 0 spiro atoms. The van der Waals surface area contributed by atoms with Crippen LogP contribution < -0.4 is 4.74 Å². The summed E-state index contributed by atoms with van der Waals surface area (Å²) < 4.78 is 5.36. The van der Waals surface area contributed by atoms with E-state index in [1.165, 1.54) is 0 Å². The largest absolute Gasteiger partial charge is 0.484 e. The first-order valence-corrected chi connectivity index (χ1v) is 6.30. The minimum Gasteiger partial charge on any atom is -0.484 e. The number of hydrogen-bond donors (Lipinski definition) is 0. The molecule has 94 valence electrons. The van der Waals surface area contributed by atoms with E-state index in [1.54, 1.807) is 29.2 Å². The standard InChI is InChI=1S/C12H15Cl2NO2/c1-2-15(7-6-13)12(16)9-17-11-5-3-4-10(14)8-11/h3-5,8H,2,6-7,9H2,1H3. The van der Waals surface area contributed by atoms with E-state index in [4.69, 9.17) is 27.9 Å². The van der Waals surface area contributed by atoms with Crippen LogP contribution in [0.1, 0.15) is 6.92 Å². The summed E-state index contributed by atoms with van der Waals surface area (Å²) in [4.78, 5) is 13.4. The number of carbonyl (C=O) groups is 1. The van der Waals surface area contributed by atoms with Crippen LogP contribution >= 0.6 is 23.2 Å². The third kappa shape index (κ3) is 4.84. The van der Waals surface area contributed by atoms with E-state index < -0.39 is 0 Å². The lowest BCUT2D eigenvalue weighted by atomic mass is 10.3. The van der Waals surface area contributed by atoms with Gasteiger partial charge in [0.2, 0.25) is 0 Å². The Morgan fingerprint density at radius 1 is 1.47 bits per heavy atom. The molecule has 0 saturated carbocycles. The monoisotopic (exact) mass is 275 g/mol. The normalized spacial score (nSPS) is 10.1. The molecule has 0 aliphatic rings. The molecular weight excluding hydrogens is 261 g/mol. The summed E-state index contributed by atoms with van der Waals surface area (Å²) in [5, 5.41) is 0.586. The highest BCUT2D eigenvalue weighted by Gasteiger charge is 2.11. The Bertz CT molecular complexity index is 371. The van der Waals surface area contributed by atoms with Crippen LogP contribution in [-0.4, -0.2) is 36.4 Å². The van der Waals surface area contributed by atoms with Crippen molar-refractivity contribution in [3.63, 3.8) is 0 Å². The first-order chi connectivity index (χ1) is 8.17. The summed E-state index contributed by atoms with van der Waals surface area (Å²) in [6.45, 7) is 3.08. The van der Waals surface area contributed by atoms with Crippen LogP contribution in [0, 0.1) is 0 Å². The molecule has 1 rings (SSSR count). The Morgan fingerprint density at radius 2 is 2.24 bits per heavy atom. The predicted octanol–water partition coefficient (Wildman–Crippen LogP) is 2.81. The fourth-order valence-electron chi connectivity index (χ4n) is 1.35. The third-order valence-corrected chi connectivity index (χ3v) is 2.65. The lowest BCUT2D eigenvalue weighted by Crippen LogP contribution is -2.36. The van der Waals surface area contributed by atoms with E-state index >= 15 is 0 Å². The number of carbonyl (C=O) groups excluding carboxylic acids is 1. The fourth-order valence-corrected chi connectivity index (χ4v) is 1.74. The molecule has 3 nitrogen and oxygen atoms in total. The van der Waals surface area contributed by atoms with Crippen molar-refractivity contribution in [3.05, 3.63) is 29.3 Å². The predicted molar refractivity (Wildman–Crippen MR) is 69.9 cm³/mol.